The van der Waals surface area contributed by atoms with Crippen LogP contribution < -0.4 is 15.0 Å². The number of hydrogen-bond acceptors (Lipinski definition) is 4. The molecule has 2 aromatic carbocycles. The number of anilines is 1. The lowest BCUT2D eigenvalue weighted by Crippen LogP contribution is -2.39. The number of amides is 1. The molecule has 0 unspecified atom stereocenters. The number of nitrogens with one attached hydrogen (secondary N) is 1. The van der Waals surface area contributed by atoms with E-state index in [4.69, 9.17) is 10.00 Å². The Hall–Kier alpha value is -3.00. The van der Waals surface area contributed by atoms with E-state index in [9.17, 15) is 4.79 Å². The van der Waals surface area contributed by atoms with Gasteiger partial charge in [0.15, 0.2) is 0 Å². The summed E-state index contributed by atoms with van der Waals surface area (Å²) in [5.41, 5.74) is 2.05. The van der Waals surface area contributed by atoms with Gasteiger partial charge in [0.1, 0.15) is 12.4 Å². The first kappa shape index (κ1) is 14.9. The number of benzene rings is 2. The van der Waals surface area contributed by atoms with E-state index in [2.05, 4.69) is 10.2 Å². The van der Waals surface area contributed by atoms with E-state index in [0.717, 1.165) is 18.0 Å². The van der Waals surface area contributed by atoms with Gasteiger partial charge in [-0.05, 0) is 30.3 Å². The van der Waals surface area contributed by atoms with Crippen molar-refractivity contribution in [2.24, 2.45) is 0 Å². The Morgan fingerprint density at radius 3 is 3.00 bits per heavy atom. The highest BCUT2D eigenvalue weighted by atomic mass is 16.5. The molecule has 0 bridgehead atoms. The summed E-state index contributed by atoms with van der Waals surface area (Å²) in [6.45, 7) is 2.69. The minimum absolute atomic E-state index is 0.163. The number of nitrogens with zero attached hydrogens (tertiary/aromatic N) is 2. The summed E-state index contributed by atoms with van der Waals surface area (Å²) < 4.78 is 5.62. The average Bonchev–Trinajstić information content (AvgIpc) is 2.62. The third kappa shape index (κ3) is 3.43. The maximum atomic E-state index is 12.1. The van der Waals surface area contributed by atoms with Gasteiger partial charge in [-0.1, -0.05) is 18.2 Å². The molecule has 1 amide bonds. The summed E-state index contributed by atoms with van der Waals surface area (Å²) in [4.78, 5) is 14.3. The Morgan fingerprint density at radius 2 is 2.13 bits per heavy atom. The van der Waals surface area contributed by atoms with Crippen LogP contribution in [0, 0.1) is 11.3 Å². The van der Waals surface area contributed by atoms with E-state index in [1.165, 1.54) is 0 Å². The number of carbonyl (C=O) groups is 1. The molecule has 0 aliphatic carbocycles. The fourth-order valence-electron chi connectivity index (χ4n) is 2.60. The molecule has 0 atom stereocenters. The number of para-hydroxylation sites is 2. The molecule has 0 saturated carbocycles. The van der Waals surface area contributed by atoms with Crippen molar-refractivity contribution >= 4 is 11.6 Å². The molecule has 0 spiro atoms. The Morgan fingerprint density at radius 1 is 1.26 bits per heavy atom. The average molecular weight is 307 g/mol. The molecule has 5 heteroatoms. The summed E-state index contributed by atoms with van der Waals surface area (Å²) in [6.07, 6.45) is 0. The highest BCUT2D eigenvalue weighted by Crippen LogP contribution is 2.30. The maximum Gasteiger partial charge on any atom is 0.251 e. The number of rotatable bonds is 4. The quantitative estimate of drug-likeness (QED) is 0.940. The lowest BCUT2D eigenvalue weighted by atomic mass is 10.1. The van der Waals surface area contributed by atoms with Crippen LogP contribution in [0.15, 0.2) is 48.5 Å². The van der Waals surface area contributed by atoms with Crippen molar-refractivity contribution in [3.05, 3.63) is 59.7 Å². The van der Waals surface area contributed by atoms with Crippen LogP contribution in [0.3, 0.4) is 0 Å². The lowest BCUT2D eigenvalue weighted by Gasteiger charge is -2.31. The number of nitriles is 1. The van der Waals surface area contributed by atoms with Crippen molar-refractivity contribution in [3.63, 3.8) is 0 Å². The molecule has 0 radical (unpaired) electrons. The SMILES string of the molecule is N#Cc1cccc(C(=O)NCCN2CCOc3ccccc32)c1. The van der Waals surface area contributed by atoms with Crippen molar-refractivity contribution < 1.29 is 9.53 Å². The molecule has 0 aromatic heterocycles. The number of carbonyl (C=O) groups excluding carboxylic acids is 1. The van der Waals surface area contributed by atoms with Crippen LogP contribution in [0.4, 0.5) is 5.69 Å². The van der Waals surface area contributed by atoms with E-state index < -0.39 is 0 Å². The Kier molecular flexibility index (Phi) is 4.44. The molecule has 1 aliphatic rings. The normalized spacial score (nSPS) is 12.7. The van der Waals surface area contributed by atoms with Gasteiger partial charge in [0.25, 0.3) is 5.91 Å². The van der Waals surface area contributed by atoms with Gasteiger partial charge < -0.3 is 15.0 Å². The smallest absolute Gasteiger partial charge is 0.251 e. The van der Waals surface area contributed by atoms with Gasteiger partial charge in [-0.2, -0.15) is 5.26 Å². The van der Waals surface area contributed by atoms with E-state index in [1.807, 2.05) is 30.3 Å². The van der Waals surface area contributed by atoms with Gasteiger partial charge in [-0.25, -0.2) is 0 Å². The monoisotopic (exact) mass is 307 g/mol. The number of hydrogen-bond donors (Lipinski definition) is 1. The molecule has 1 N–H and O–H groups in total. The summed E-state index contributed by atoms with van der Waals surface area (Å²) in [7, 11) is 0. The van der Waals surface area contributed by atoms with E-state index >= 15 is 0 Å². The molecule has 116 valence electrons. The van der Waals surface area contributed by atoms with E-state index in [0.29, 0.717) is 30.8 Å². The third-order valence-corrected chi connectivity index (χ3v) is 3.75. The second-order valence-corrected chi connectivity index (χ2v) is 5.25. The van der Waals surface area contributed by atoms with Crippen molar-refractivity contribution in [2.75, 3.05) is 31.1 Å². The van der Waals surface area contributed by atoms with Crippen molar-refractivity contribution in [1.29, 1.82) is 5.26 Å². The summed E-state index contributed by atoms with van der Waals surface area (Å²) in [5, 5.41) is 11.8. The largest absolute Gasteiger partial charge is 0.490 e. The van der Waals surface area contributed by atoms with Crippen LogP contribution in [0.2, 0.25) is 0 Å². The van der Waals surface area contributed by atoms with Gasteiger partial charge in [0, 0.05) is 18.7 Å². The molecule has 1 heterocycles. The van der Waals surface area contributed by atoms with Gasteiger partial charge in [0.05, 0.1) is 23.9 Å². The van der Waals surface area contributed by atoms with Crippen molar-refractivity contribution in [1.82, 2.24) is 5.32 Å². The van der Waals surface area contributed by atoms with Crippen LogP contribution in [0.1, 0.15) is 15.9 Å². The molecule has 23 heavy (non-hydrogen) atoms. The predicted octanol–water partition coefficient (Wildman–Crippen LogP) is 2.19. The van der Waals surface area contributed by atoms with E-state index in [-0.39, 0.29) is 5.91 Å². The van der Waals surface area contributed by atoms with Gasteiger partial charge in [0.2, 0.25) is 0 Å². The van der Waals surface area contributed by atoms with Gasteiger partial charge in [-0.15, -0.1) is 0 Å². The maximum absolute atomic E-state index is 12.1. The standard InChI is InChI=1S/C18H17N3O2/c19-13-14-4-3-5-15(12-14)18(22)20-8-9-21-10-11-23-17-7-2-1-6-16(17)21/h1-7,12H,8-11H2,(H,20,22). The Balaban J connectivity index is 1.58. The highest BCUT2D eigenvalue weighted by Gasteiger charge is 2.17. The highest BCUT2D eigenvalue weighted by molar-refractivity contribution is 5.94. The second-order valence-electron chi connectivity index (χ2n) is 5.25. The predicted molar refractivity (Wildman–Crippen MR) is 87.6 cm³/mol. The zero-order chi connectivity index (χ0) is 16.1. The zero-order valence-electron chi connectivity index (χ0n) is 12.7. The summed E-state index contributed by atoms with van der Waals surface area (Å²) in [5.74, 6) is 0.718. The van der Waals surface area contributed by atoms with Crippen LogP contribution >= 0.6 is 0 Å². The van der Waals surface area contributed by atoms with Crippen LogP contribution in [-0.4, -0.2) is 32.1 Å². The fourth-order valence-corrected chi connectivity index (χ4v) is 2.60. The minimum Gasteiger partial charge on any atom is -0.490 e. The Bertz CT molecular complexity index is 752. The van der Waals surface area contributed by atoms with Crippen LogP contribution in [-0.2, 0) is 0 Å². The fraction of sp³-hybridized carbons (Fsp3) is 0.222. The lowest BCUT2D eigenvalue weighted by molar-refractivity contribution is 0.0954. The van der Waals surface area contributed by atoms with Crippen LogP contribution in [0.25, 0.3) is 0 Å². The van der Waals surface area contributed by atoms with Crippen LogP contribution in [0.5, 0.6) is 5.75 Å². The number of ether oxygens (including phenoxy) is 1. The van der Waals surface area contributed by atoms with E-state index in [1.54, 1.807) is 24.3 Å². The first-order chi connectivity index (χ1) is 11.3. The van der Waals surface area contributed by atoms with Gasteiger partial charge in [-0.3, -0.25) is 4.79 Å². The van der Waals surface area contributed by atoms with Crippen molar-refractivity contribution in [2.45, 2.75) is 0 Å². The third-order valence-electron chi connectivity index (χ3n) is 3.75. The molecule has 1 aliphatic heterocycles. The zero-order valence-corrected chi connectivity index (χ0v) is 12.7. The molecule has 5 nitrogen and oxygen atoms in total. The first-order valence-corrected chi connectivity index (χ1v) is 7.53. The summed E-state index contributed by atoms with van der Waals surface area (Å²) >= 11 is 0. The topological polar surface area (TPSA) is 65.4 Å². The molecule has 2 aromatic rings. The second kappa shape index (κ2) is 6.84. The molecule has 0 fully saturated rings. The van der Waals surface area contributed by atoms with Crippen molar-refractivity contribution in [3.8, 4) is 11.8 Å². The number of fused-ring (bicyclic) bond motifs is 1. The molecular formula is C18H17N3O2. The molecule has 0 saturated heterocycles. The summed E-state index contributed by atoms with van der Waals surface area (Å²) in [6, 6.07) is 16.6. The molecular weight excluding hydrogens is 290 g/mol. The minimum atomic E-state index is -0.163. The van der Waals surface area contributed by atoms with Gasteiger partial charge >= 0.3 is 0 Å². The molecule has 3 rings (SSSR count). The first-order valence-electron chi connectivity index (χ1n) is 7.53. The Labute approximate surface area is 135 Å².